The van der Waals surface area contributed by atoms with E-state index in [0.717, 1.165) is 41.6 Å². The van der Waals surface area contributed by atoms with Crippen LogP contribution in [0.3, 0.4) is 0 Å². The molecule has 2 aliphatic rings. The maximum Gasteiger partial charge on any atom is 0.313 e. The van der Waals surface area contributed by atoms with Gasteiger partial charge in [0.25, 0.3) is 0 Å². The Morgan fingerprint density at radius 1 is 1.28 bits per heavy atom. The zero-order chi connectivity index (χ0) is 23.5. The molecular weight excluding hydrogens is 426 g/mol. The molecule has 2 aromatic rings. The first kappa shape index (κ1) is 22.8. The lowest BCUT2D eigenvalue weighted by atomic mass is 9.74. The highest BCUT2D eigenvalue weighted by atomic mass is 19.3. The molecule has 0 aliphatic heterocycles. The first-order chi connectivity index (χ1) is 14.8. The molecule has 4 rings (SSSR count). The molecule has 0 unspecified atom stereocenters. The number of alkyl halides is 4. The molecule has 5 nitrogen and oxygen atoms in total. The molecule has 32 heavy (non-hydrogen) atoms. The van der Waals surface area contributed by atoms with Crippen molar-refractivity contribution in [2.45, 2.75) is 69.3 Å². The normalized spacial score (nSPS) is 22.2. The lowest BCUT2D eigenvalue weighted by Gasteiger charge is -2.43. The molecule has 1 aromatic heterocycles. The van der Waals surface area contributed by atoms with Crippen LogP contribution in [0.25, 0.3) is 11.3 Å². The van der Waals surface area contributed by atoms with Crippen LogP contribution in [0, 0.1) is 5.92 Å². The fourth-order valence-electron chi connectivity index (χ4n) is 4.45. The van der Waals surface area contributed by atoms with E-state index in [1.54, 1.807) is 25.6 Å². The summed E-state index contributed by atoms with van der Waals surface area (Å²) in [6, 6.07) is 7.40. The van der Waals surface area contributed by atoms with Crippen LogP contribution in [0.5, 0.6) is 0 Å². The second kappa shape index (κ2) is 7.57. The lowest BCUT2D eigenvalue weighted by Crippen LogP contribution is -2.59. The van der Waals surface area contributed by atoms with Gasteiger partial charge in [0.15, 0.2) is 5.82 Å². The number of rotatable bonds is 6. The molecule has 0 bridgehead atoms. The number of aryl methyl sites for hydroxylation is 1. The fraction of sp³-hybridized carbons (Fsp3) is 0.565. The minimum Gasteiger partial charge on any atom is -0.386 e. The van der Waals surface area contributed by atoms with Gasteiger partial charge in [0.2, 0.25) is 5.91 Å². The molecule has 1 heterocycles. The number of hydrogen-bond donors (Lipinski definition) is 2. The molecule has 174 valence electrons. The number of amides is 1. The van der Waals surface area contributed by atoms with E-state index in [-0.39, 0.29) is 11.7 Å². The molecule has 0 saturated heterocycles. The highest BCUT2D eigenvalue weighted by Gasteiger charge is 2.71. The van der Waals surface area contributed by atoms with Crippen molar-refractivity contribution in [2.24, 2.45) is 13.0 Å². The first-order valence-corrected chi connectivity index (χ1v) is 10.8. The number of carbonyl (C=O) groups excluding carboxylic acids is 1. The van der Waals surface area contributed by atoms with Crippen LogP contribution in [0.2, 0.25) is 0 Å². The molecule has 0 spiro atoms. The summed E-state index contributed by atoms with van der Waals surface area (Å²) in [7, 11) is 1.73. The van der Waals surface area contributed by atoms with Crippen LogP contribution in [0.15, 0.2) is 24.3 Å². The van der Waals surface area contributed by atoms with Gasteiger partial charge in [-0.05, 0) is 44.2 Å². The molecule has 2 N–H and O–H groups in total. The highest BCUT2D eigenvalue weighted by molar-refractivity contribution is 5.92. The number of benzene rings is 1. The van der Waals surface area contributed by atoms with E-state index >= 15 is 0 Å². The number of anilines is 1. The Kier molecular flexibility index (Phi) is 5.39. The largest absolute Gasteiger partial charge is 0.386 e. The van der Waals surface area contributed by atoms with Crippen molar-refractivity contribution in [3.8, 4) is 11.3 Å². The van der Waals surface area contributed by atoms with Crippen molar-refractivity contribution in [3.63, 3.8) is 0 Å². The van der Waals surface area contributed by atoms with Crippen LogP contribution in [-0.4, -0.2) is 32.6 Å². The van der Waals surface area contributed by atoms with Gasteiger partial charge in [-0.1, -0.05) is 24.6 Å². The van der Waals surface area contributed by atoms with Crippen LogP contribution < -0.4 is 5.32 Å². The summed E-state index contributed by atoms with van der Waals surface area (Å²) in [5.41, 5.74) is 2.07. The van der Waals surface area contributed by atoms with Crippen molar-refractivity contribution >= 4 is 11.7 Å². The number of nitrogens with one attached hydrogen (secondary N) is 1. The summed E-state index contributed by atoms with van der Waals surface area (Å²) in [6.07, 6.45) is 1.14. The first-order valence-electron chi connectivity index (χ1n) is 10.8. The van der Waals surface area contributed by atoms with E-state index in [1.807, 2.05) is 24.3 Å². The van der Waals surface area contributed by atoms with Crippen molar-refractivity contribution in [1.82, 2.24) is 9.78 Å². The van der Waals surface area contributed by atoms with Gasteiger partial charge in [-0.15, -0.1) is 0 Å². The van der Waals surface area contributed by atoms with Crippen LogP contribution >= 0.6 is 0 Å². The molecule has 2 saturated carbocycles. The number of nitrogens with zero attached hydrogens (tertiary/aromatic N) is 2. The Morgan fingerprint density at radius 3 is 2.50 bits per heavy atom. The summed E-state index contributed by atoms with van der Waals surface area (Å²) in [6.45, 7) is 3.38. The molecule has 9 heteroatoms. The molecule has 0 radical (unpaired) electrons. The van der Waals surface area contributed by atoms with Gasteiger partial charge in [-0.2, -0.15) is 22.7 Å². The summed E-state index contributed by atoms with van der Waals surface area (Å²) in [5.74, 6) is -10.2. The van der Waals surface area contributed by atoms with Gasteiger partial charge < -0.3 is 10.4 Å². The van der Waals surface area contributed by atoms with Crippen molar-refractivity contribution in [2.75, 3.05) is 5.32 Å². The Balaban J connectivity index is 1.63. The van der Waals surface area contributed by atoms with Crippen molar-refractivity contribution in [1.29, 1.82) is 0 Å². The van der Waals surface area contributed by atoms with E-state index in [2.05, 4.69) is 10.4 Å². The van der Waals surface area contributed by atoms with Gasteiger partial charge in [-0.3, -0.25) is 9.48 Å². The predicted octanol–water partition coefficient (Wildman–Crippen LogP) is 5.20. The van der Waals surface area contributed by atoms with Gasteiger partial charge in [-0.25, -0.2) is 0 Å². The highest BCUT2D eigenvalue weighted by Crippen LogP contribution is 2.56. The van der Waals surface area contributed by atoms with Gasteiger partial charge >= 0.3 is 11.8 Å². The van der Waals surface area contributed by atoms with E-state index in [1.165, 1.54) is 0 Å². The fourth-order valence-corrected chi connectivity index (χ4v) is 4.45. The van der Waals surface area contributed by atoms with Gasteiger partial charge in [0.1, 0.15) is 0 Å². The third-order valence-electron chi connectivity index (χ3n) is 6.63. The van der Waals surface area contributed by atoms with Gasteiger partial charge in [0, 0.05) is 36.9 Å². The minimum absolute atomic E-state index is 0.147. The van der Waals surface area contributed by atoms with Crippen molar-refractivity contribution in [3.05, 3.63) is 35.4 Å². The SMILES string of the molecule is Cn1nc(NC(=O)C[C@H]2CC(F)(F)C2(F)F)c(C2CCC2)c1-c1cccc(C(C)(C)O)c1. The summed E-state index contributed by atoms with van der Waals surface area (Å²) in [4.78, 5) is 12.5. The second-order valence-electron chi connectivity index (χ2n) is 9.48. The number of carbonyl (C=O) groups is 1. The monoisotopic (exact) mass is 453 g/mol. The quantitative estimate of drug-likeness (QED) is 0.591. The zero-order valence-electron chi connectivity index (χ0n) is 18.3. The third kappa shape index (κ3) is 3.80. The van der Waals surface area contributed by atoms with Crippen LogP contribution in [0.4, 0.5) is 23.4 Å². The third-order valence-corrected chi connectivity index (χ3v) is 6.63. The summed E-state index contributed by atoms with van der Waals surface area (Å²) >= 11 is 0. The number of hydrogen-bond acceptors (Lipinski definition) is 3. The molecule has 2 fully saturated rings. The van der Waals surface area contributed by atoms with E-state index in [4.69, 9.17) is 0 Å². The molecular formula is C23H27F4N3O2. The Morgan fingerprint density at radius 2 is 1.97 bits per heavy atom. The van der Waals surface area contributed by atoms with Gasteiger partial charge in [0.05, 0.1) is 11.3 Å². The molecule has 1 aromatic carbocycles. The molecule has 1 amide bonds. The maximum absolute atomic E-state index is 13.6. The maximum atomic E-state index is 13.6. The second-order valence-corrected chi connectivity index (χ2v) is 9.48. The predicted molar refractivity (Wildman–Crippen MR) is 112 cm³/mol. The number of halogens is 4. The van der Waals surface area contributed by atoms with Crippen LogP contribution in [-0.2, 0) is 17.4 Å². The summed E-state index contributed by atoms with van der Waals surface area (Å²) in [5, 5.41) is 17.4. The summed E-state index contributed by atoms with van der Waals surface area (Å²) < 4.78 is 55.1. The average molecular weight is 453 g/mol. The van der Waals surface area contributed by atoms with Crippen molar-refractivity contribution < 1.29 is 27.5 Å². The molecule has 2 aliphatic carbocycles. The van der Waals surface area contributed by atoms with E-state index in [9.17, 15) is 27.5 Å². The number of aromatic nitrogens is 2. The minimum atomic E-state index is -4.17. The van der Waals surface area contributed by atoms with E-state index in [0.29, 0.717) is 0 Å². The Bertz CT molecular complexity index is 1040. The standard InChI is InChI=1S/C23H27F4N3O2/c1-21(2,32)15-9-5-8-14(10-15)19-18(13-6-4-7-13)20(29-30(19)3)28-17(31)11-16-12-22(24,25)23(16,26)27/h5,8-10,13,16,32H,4,6-7,11-12H2,1-3H3,(H,28,29,31)/t16-/m0/s1. The molecule has 1 atom stereocenters. The Hall–Kier alpha value is -2.42. The van der Waals surface area contributed by atoms with Crippen LogP contribution in [0.1, 0.15) is 63.0 Å². The lowest BCUT2D eigenvalue weighted by molar-refractivity contribution is -0.313. The zero-order valence-corrected chi connectivity index (χ0v) is 18.3. The average Bonchev–Trinajstić information content (AvgIpc) is 2.94. The Labute approximate surface area is 183 Å². The number of aliphatic hydroxyl groups is 1. The topological polar surface area (TPSA) is 67.2 Å². The smallest absolute Gasteiger partial charge is 0.313 e. The van der Waals surface area contributed by atoms with E-state index < -0.39 is 42.1 Å².